The number of primary amides is 1. The summed E-state index contributed by atoms with van der Waals surface area (Å²) in [5.41, 5.74) is 7.90. The van der Waals surface area contributed by atoms with Crippen LogP contribution in [0.2, 0.25) is 0 Å². The molecule has 0 aliphatic rings. The van der Waals surface area contributed by atoms with Crippen LogP contribution in [0.25, 0.3) is 0 Å². The fourth-order valence-corrected chi connectivity index (χ4v) is 1.81. The maximum atomic E-state index is 11.4. The van der Waals surface area contributed by atoms with Gasteiger partial charge < -0.3 is 11.1 Å². The van der Waals surface area contributed by atoms with Crippen LogP contribution in [-0.2, 0) is 16.0 Å². The smallest absolute Gasteiger partial charge is 0.233 e. The molecule has 5 nitrogen and oxygen atoms in total. The lowest BCUT2D eigenvalue weighted by atomic mass is 10.1. The molecule has 0 spiro atoms. The third-order valence-corrected chi connectivity index (χ3v) is 2.73. The second-order valence-electron chi connectivity index (χ2n) is 4.42. The summed E-state index contributed by atoms with van der Waals surface area (Å²) in [6.45, 7) is 0. The normalized spacial score (nSPS) is 10.0. The molecule has 1 heterocycles. The highest BCUT2D eigenvalue weighted by Gasteiger charge is 2.06. The van der Waals surface area contributed by atoms with Gasteiger partial charge in [0.2, 0.25) is 11.8 Å². The molecule has 2 rings (SSSR count). The number of hydrogen-bond donors (Lipinski definition) is 2. The van der Waals surface area contributed by atoms with Crippen molar-refractivity contribution in [1.82, 2.24) is 4.98 Å². The first-order chi connectivity index (χ1) is 9.63. The van der Waals surface area contributed by atoms with Gasteiger partial charge in [-0.3, -0.25) is 14.6 Å². The third kappa shape index (κ3) is 4.20. The summed E-state index contributed by atoms with van der Waals surface area (Å²) in [6.07, 6.45) is 4.01. The number of hydrogen-bond acceptors (Lipinski definition) is 3. The molecular formula is C15H15N3O2. The Morgan fingerprint density at radius 2 is 1.60 bits per heavy atom. The Kier molecular flexibility index (Phi) is 4.44. The molecule has 1 aromatic carbocycles. The van der Waals surface area contributed by atoms with Crippen LogP contribution in [0.4, 0.5) is 5.69 Å². The van der Waals surface area contributed by atoms with Crippen molar-refractivity contribution in [2.45, 2.75) is 12.8 Å². The largest absolute Gasteiger partial charge is 0.369 e. The minimum absolute atomic E-state index is 0.307. The molecule has 0 radical (unpaired) electrons. The Hall–Kier alpha value is -2.69. The van der Waals surface area contributed by atoms with E-state index in [1.54, 1.807) is 24.5 Å². The van der Waals surface area contributed by atoms with Crippen molar-refractivity contribution in [2.24, 2.45) is 5.73 Å². The molecule has 0 atom stereocenters. The van der Waals surface area contributed by atoms with Gasteiger partial charge in [0.1, 0.15) is 6.42 Å². The van der Waals surface area contributed by atoms with E-state index in [9.17, 15) is 9.59 Å². The van der Waals surface area contributed by atoms with Crippen LogP contribution >= 0.6 is 0 Å². The number of pyridine rings is 1. The predicted molar refractivity (Wildman–Crippen MR) is 75.9 cm³/mol. The van der Waals surface area contributed by atoms with E-state index < -0.39 is 11.8 Å². The molecule has 1 aromatic heterocycles. The number of nitrogens with two attached hydrogens (primary N) is 1. The average Bonchev–Trinajstić information content (AvgIpc) is 2.41. The second-order valence-corrected chi connectivity index (χ2v) is 4.42. The van der Waals surface area contributed by atoms with E-state index in [0.29, 0.717) is 5.69 Å². The number of carbonyl (C=O) groups is 2. The number of rotatable bonds is 5. The average molecular weight is 269 g/mol. The van der Waals surface area contributed by atoms with Gasteiger partial charge in [0.25, 0.3) is 0 Å². The Labute approximate surface area is 116 Å². The van der Waals surface area contributed by atoms with E-state index in [2.05, 4.69) is 10.3 Å². The highest BCUT2D eigenvalue weighted by molar-refractivity contribution is 6.03. The lowest BCUT2D eigenvalue weighted by molar-refractivity contribution is -0.124. The van der Waals surface area contributed by atoms with Gasteiger partial charge in [-0.15, -0.1) is 0 Å². The fourth-order valence-electron chi connectivity index (χ4n) is 1.81. The molecule has 0 saturated carbocycles. The minimum Gasteiger partial charge on any atom is -0.369 e. The van der Waals surface area contributed by atoms with Gasteiger partial charge in [-0.25, -0.2) is 0 Å². The Morgan fingerprint density at radius 1 is 1.00 bits per heavy atom. The number of benzene rings is 1. The monoisotopic (exact) mass is 269 g/mol. The van der Waals surface area contributed by atoms with E-state index in [1.165, 1.54) is 5.56 Å². The summed E-state index contributed by atoms with van der Waals surface area (Å²) in [5.74, 6) is -1.05. The first kappa shape index (κ1) is 13.7. The van der Waals surface area contributed by atoms with Crippen molar-refractivity contribution < 1.29 is 9.59 Å². The lowest BCUT2D eigenvalue weighted by Crippen LogP contribution is -2.21. The molecule has 3 N–H and O–H groups in total. The molecule has 2 amide bonds. The molecular weight excluding hydrogens is 254 g/mol. The highest BCUT2D eigenvalue weighted by atomic mass is 16.2. The molecule has 20 heavy (non-hydrogen) atoms. The number of nitrogens with one attached hydrogen (secondary N) is 1. The quantitative estimate of drug-likeness (QED) is 0.806. The Balaban J connectivity index is 1.96. The first-order valence-electron chi connectivity index (χ1n) is 6.19. The van der Waals surface area contributed by atoms with Crippen LogP contribution in [0.5, 0.6) is 0 Å². The van der Waals surface area contributed by atoms with Crippen LogP contribution in [0.3, 0.4) is 0 Å². The van der Waals surface area contributed by atoms with Crippen molar-refractivity contribution in [2.75, 3.05) is 5.32 Å². The summed E-state index contributed by atoms with van der Waals surface area (Å²) in [7, 11) is 0. The van der Waals surface area contributed by atoms with Crippen molar-refractivity contribution in [1.29, 1.82) is 0 Å². The number of nitrogens with zero attached hydrogens (tertiary/aromatic N) is 1. The number of amides is 2. The van der Waals surface area contributed by atoms with Crippen LogP contribution in [0.15, 0.2) is 48.8 Å². The zero-order chi connectivity index (χ0) is 14.4. The van der Waals surface area contributed by atoms with Crippen LogP contribution in [-0.4, -0.2) is 16.8 Å². The Bertz CT molecular complexity index is 594. The van der Waals surface area contributed by atoms with Crippen LogP contribution < -0.4 is 11.1 Å². The SMILES string of the molecule is NC(=O)CC(=O)Nc1ccc(Cc2ccncc2)cc1. The Morgan fingerprint density at radius 3 is 2.20 bits per heavy atom. The van der Waals surface area contributed by atoms with Gasteiger partial charge in [-0.2, -0.15) is 0 Å². The van der Waals surface area contributed by atoms with Gasteiger partial charge in [0, 0.05) is 18.1 Å². The molecule has 2 aromatic rings. The van der Waals surface area contributed by atoms with E-state index in [0.717, 1.165) is 12.0 Å². The molecule has 0 saturated heterocycles. The maximum absolute atomic E-state index is 11.4. The van der Waals surface area contributed by atoms with Gasteiger partial charge >= 0.3 is 0 Å². The predicted octanol–water partition coefficient (Wildman–Crippen LogP) is 1.49. The van der Waals surface area contributed by atoms with Crippen molar-refractivity contribution >= 4 is 17.5 Å². The molecule has 5 heteroatoms. The number of carbonyl (C=O) groups excluding carboxylic acids is 2. The second kappa shape index (κ2) is 6.47. The summed E-state index contributed by atoms with van der Waals surface area (Å²) >= 11 is 0. The summed E-state index contributed by atoms with van der Waals surface area (Å²) in [5, 5.41) is 2.61. The molecule has 102 valence electrons. The topological polar surface area (TPSA) is 85.1 Å². The van der Waals surface area contributed by atoms with Crippen LogP contribution in [0, 0.1) is 0 Å². The van der Waals surface area contributed by atoms with Gasteiger partial charge in [0.05, 0.1) is 0 Å². The first-order valence-corrected chi connectivity index (χ1v) is 6.19. The van der Waals surface area contributed by atoms with E-state index in [4.69, 9.17) is 5.73 Å². The standard InChI is InChI=1S/C15H15N3O2/c16-14(19)10-15(20)18-13-3-1-11(2-4-13)9-12-5-7-17-8-6-12/h1-8H,9-10H2,(H2,16,19)(H,18,20). The number of anilines is 1. The van der Waals surface area contributed by atoms with E-state index >= 15 is 0 Å². The van der Waals surface area contributed by atoms with Crippen LogP contribution in [0.1, 0.15) is 17.5 Å². The molecule has 0 bridgehead atoms. The number of aromatic nitrogens is 1. The molecule has 0 fully saturated rings. The van der Waals surface area contributed by atoms with Crippen molar-refractivity contribution in [3.05, 3.63) is 59.9 Å². The summed E-state index contributed by atoms with van der Waals surface area (Å²) in [4.78, 5) is 26.0. The molecule has 0 aliphatic carbocycles. The molecule has 0 unspecified atom stereocenters. The zero-order valence-electron chi connectivity index (χ0n) is 10.9. The fraction of sp³-hybridized carbons (Fsp3) is 0.133. The van der Waals surface area contributed by atoms with E-state index in [1.807, 2.05) is 24.3 Å². The maximum Gasteiger partial charge on any atom is 0.233 e. The van der Waals surface area contributed by atoms with Gasteiger partial charge in [0.15, 0.2) is 0 Å². The van der Waals surface area contributed by atoms with Gasteiger partial charge in [-0.05, 0) is 41.8 Å². The van der Waals surface area contributed by atoms with Crippen molar-refractivity contribution in [3.8, 4) is 0 Å². The van der Waals surface area contributed by atoms with Crippen molar-refractivity contribution in [3.63, 3.8) is 0 Å². The van der Waals surface area contributed by atoms with Gasteiger partial charge in [-0.1, -0.05) is 12.1 Å². The summed E-state index contributed by atoms with van der Waals surface area (Å²) in [6, 6.07) is 11.4. The highest BCUT2D eigenvalue weighted by Crippen LogP contribution is 2.13. The summed E-state index contributed by atoms with van der Waals surface area (Å²) < 4.78 is 0. The zero-order valence-corrected chi connectivity index (χ0v) is 10.9. The minimum atomic E-state index is -0.642. The lowest BCUT2D eigenvalue weighted by Gasteiger charge is -2.06. The van der Waals surface area contributed by atoms with E-state index in [-0.39, 0.29) is 6.42 Å². The molecule has 0 aliphatic heterocycles. The third-order valence-electron chi connectivity index (χ3n) is 2.73.